The molecular formula is C12H13FN2O. The van der Waals surface area contributed by atoms with Crippen LogP contribution >= 0.6 is 0 Å². The quantitative estimate of drug-likeness (QED) is 0.737. The number of halogens is 1. The van der Waals surface area contributed by atoms with Crippen molar-refractivity contribution in [1.29, 1.82) is 0 Å². The molecule has 1 aromatic carbocycles. The molecule has 3 nitrogen and oxygen atoms in total. The van der Waals surface area contributed by atoms with E-state index in [1.165, 1.54) is 12.1 Å². The summed E-state index contributed by atoms with van der Waals surface area (Å²) in [7, 11) is 0. The minimum atomic E-state index is -0.710. The summed E-state index contributed by atoms with van der Waals surface area (Å²) in [5.41, 5.74) is 6.17. The Kier molecular flexibility index (Phi) is 4.49. The third-order valence-corrected chi connectivity index (χ3v) is 2.03. The maximum atomic E-state index is 12.8. The summed E-state index contributed by atoms with van der Waals surface area (Å²) in [4.78, 5) is 11.4. The molecule has 1 rings (SSSR count). The number of nitrogens with two attached hydrogens (primary N) is 1. The van der Waals surface area contributed by atoms with Gasteiger partial charge in [0, 0.05) is 13.0 Å². The Morgan fingerprint density at radius 3 is 3.00 bits per heavy atom. The monoisotopic (exact) mass is 220 g/mol. The predicted molar refractivity (Wildman–Crippen MR) is 59.7 cm³/mol. The van der Waals surface area contributed by atoms with Crippen LogP contribution in [-0.4, -0.2) is 11.9 Å². The number of terminal acetylenes is 1. The number of benzene rings is 1. The van der Waals surface area contributed by atoms with Crippen LogP contribution in [-0.2, 0) is 11.3 Å². The van der Waals surface area contributed by atoms with E-state index in [9.17, 15) is 9.18 Å². The molecule has 0 saturated carbocycles. The molecule has 0 aliphatic heterocycles. The Morgan fingerprint density at radius 2 is 2.38 bits per heavy atom. The molecule has 1 atom stereocenters. The highest BCUT2D eigenvalue weighted by Gasteiger charge is 2.10. The molecule has 1 unspecified atom stereocenters. The lowest BCUT2D eigenvalue weighted by molar-refractivity contribution is -0.122. The molecule has 0 spiro atoms. The van der Waals surface area contributed by atoms with E-state index in [1.54, 1.807) is 12.1 Å². The molecule has 0 aliphatic rings. The number of carbonyl (C=O) groups excluding carboxylic acids is 1. The highest BCUT2D eigenvalue weighted by Crippen LogP contribution is 2.02. The Labute approximate surface area is 93.8 Å². The predicted octanol–water partition coefficient (Wildman–Crippen LogP) is 0.792. The zero-order chi connectivity index (χ0) is 12.0. The van der Waals surface area contributed by atoms with Gasteiger partial charge in [-0.15, -0.1) is 12.3 Å². The minimum Gasteiger partial charge on any atom is -0.351 e. The van der Waals surface area contributed by atoms with E-state index in [1.807, 2.05) is 0 Å². The molecule has 1 amide bonds. The first-order valence-corrected chi connectivity index (χ1v) is 4.84. The second-order valence-corrected chi connectivity index (χ2v) is 3.36. The SMILES string of the molecule is C#CCC(N)C(=O)NCc1cccc(F)c1. The first-order valence-electron chi connectivity index (χ1n) is 4.84. The fourth-order valence-electron chi connectivity index (χ4n) is 1.19. The van der Waals surface area contributed by atoms with E-state index in [-0.39, 0.29) is 24.7 Å². The number of hydrogen-bond acceptors (Lipinski definition) is 2. The van der Waals surface area contributed by atoms with Crippen molar-refractivity contribution in [2.75, 3.05) is 0 Å². The zero-order valence-corrected chi connectivity index (χ0v) is 8.74. The maximum absolute atomic E-state index is 12.8. The summed E-state index contributed by atoms with van der Waals surface area (Å²) in [6.45, 7) is 0.245. The zero-order valence-electron chi connectivity index (χ0n) is 8.74. The standard InChI is InChI=1S/C12H13FN2O/c1-2-4-11(14)12(16)15-8-9-5-3-6-10(13)7-9/h1,3,5-7,11H,4,8,14H2,(H,15,16). The van der Waals surface area contributed by atoms with Crippen LogP contribution in [0.15, 0.2) is 24.3 Å². The van der Waals surface area contributed by atoms with E-state index in [0.717, 1.165) is 0 Å². The Balaban J connectivity index is 2.46. The summed E-state index contributed by atoms with van der Waals surface area (Å²) < 4.78 is 12.8. The second-order valence-electron chi connectivity index (χ2n) is 3.36. The fraction of sp³-hybridized carbons (Fsp3) is 0.250. The molecule has 0 bridgehead atoms. The largest absolute Gasteiger partial charge is 0.351 e. The van der Waals surface area contributed by atoms with Gasteiger partial charge in [-0.3, -0.25) is 4.79 Å². The van der Waals surface area contributed by atoms with Crippen LogP contribution in [0.5, 0.6) is 0 Å². The smallest absolute Gasteiger partial charge is 0.238 e. The molecular weight excluding hydrogens is 207 g/mol. The van der Waals surface area contributed by atoms with Gasteiger partial charge in [0.05, 0.1) is 6.04 Å². The Morgan fingerprint density at radius 1 is 1.62 bits per heavy atom. The highest BCUT2D eigenvalue weighted by atomic mass is 19.1. The number of rotatable bonds is 4. The average Bonchev–Trinajstić information content (AvgIpc) is 2.26. The normalized spacial score (nSPS) is 11.6. The van der Waals surface area contributed by atoms with Crippen LogP contribution in [0.2, 0.25) is 0 Å². The Bertz CT molecular complexity index is 412. The van der Waals surface area contributed by atoms with Gasteiger partial charge in [0.25, 0.3) is 0 Å². The van der Waals surface area contributed by atoms with E-state index >= 15 is 0 Å². The van der Waals surface area contributed by atoms with Crippen molar-refractivity contribution in [1.82, 2.24) is 5.32 Å². The first-order chi connectivity index (χ1) is 7.63. The van der Waals surface area contributed by atoms with Crippen molar-refractivity contribution >= 4 is 5.91 Å². The summed E-state index contributed by atoms with van der Waals surface area (Å²) in [6, 6.07) is 5.29. The summed E-state index contributed by atoms with van der Waals surface area (Å²) in [5.74, 6) is 1.64. The molecule has 1 aromatic rings. The molecule has 0 saturated heterocycles. The van der Waals surface area contributed by atoms with Gasteiger partial charge in [-0.1, -0.05) is 12.1 Å². The van der Waals surface area contributed by atoms with Crippen molar-refractivity contribution in [3.8, 4) is 12.3 Å². The lowest BCUT2D eigenvalue weighted by Crippen LogP contribution is -2.39. The lowest BCUT2D eigenvalue weighted by atomic mass is 10.2. The number of nitrogens with one attached hydrogen (secondary N) is 1. The average molecular weight is 220 g/mol. The van der Waals surface area contributed by atoms with Gasteiger partial charge in [-0.2, -0.15) is 0 Å². The van der Waals surface area contributed by atoms with Crippen LogP contribution < -0.4 is 11.1 Å². The van der Waals surface area contributed by atoms with Gasteiger partial charge in [0.1, 0.15) is 5.82 Å². The van der Waals surface area contributed by atoms with Gasteiger partial charge in [-0.25, -0.2) is 4.39 Å². The van der Waals surface area contributed by atoms with Gasteiger partial charge in [0.2, 0.25) is 5.91 Å². The molecule has 3 N–H and O–H groups in total. The van der Waals surface area contributed by atoms with Crippen molar-refractivity contribution in [3.05, 3.63) is 35.6 Å². The van der Waals surface area contributed by atoms with Crippen LogP contribution in [0, 0.1) is 18.2 Å². The number of hydrogen-bond donors (Lipinski definition) is 2. The molecule has 0 aliphatic carbocycles. The van der Waals surface area contributed by atoms with Gasteiger partial charge >= 0.3 is 0 Å². The molecule has 84 valence electrons. The summed E-state index contributed by atoms with van der Waals surface area (Å²) in [5, 5.41) is 2.58. The van der Waals surface area contributed by atoms with Crippen LogP contribution in [0.25, 0.3) is 0 Å². The minimum absolute atomic E-state index is 0.189. The first kappa shape index (κ1) is 12.2. The molecule has 0 heterocycles. The molecule has 16 heavy (non-hydrogen) atoms. The van der Waals surface area contributed by atoms with Gasteiger partial charge in [-0.05, 0) is 17.7 Å². The third-order valence-electron chi connectivity index (χ3n) is 2.03. The highest BCUT2D eigenvalue weighted by molar-refractivity contribution is 5.81. The topological polar surface area (TPSA) is 55.1 Å². The van der Waals surface area contributed by atoms with Crippen molar-refractivity contribution in [2.45, 2.75) is 19.0 Å². The van der Waals surface area contributed by atoms with Gasteiger partial charge in [0.15, 0.2) is 0 Å². The maximum Gasteiger partial charge on any atom is 0.238 e. The van der Waals surface area contributed by atoms with Gasteiger partial charge < -0.3 is 11.1 Å². The van der Waals surface area contributed by atoms with E-state index in [4.69, 9.17) is 12.2 Å². The van der Waals surface area contributed by atoms with Crippen molar-refractivity contribution in [2.24, 2.45) is 5.73 Å². The molecule has 0 fully saturated rings. The van der Waals surface area contributed by atoms with E-state index < -0.39 is 6.04 Å². The van der Waals surface area contributed by atoms with Crippen LogP contribution in [0.4, 0.5) is 4.39 Å². The van der Waals surface area contributed by atoms with Crippen LogP contribution in [0.1, 0.15) is 12.0 Å². The summed E-state index contributed by atoms with van der Waals surface area (Å²) in [6.07, 6.45) is 5.22. The second kappa shape index (κ2) is 5.89. The number of amides is 1. The molecule has 0 radical (unpaired) electrons. The molecule has 0 aromatic heterocycles. The number of carbonyl (C=O) groups is 1. The fourth-order valence-corrected chi connectivity index (χ4v) is 1.19. The summed E-state index contributed by atoms with van der Waals surface area (Å²) >= 11 is 0. The third kappa shape index (κ3) is 3.71. The van der Waals surface area contributed by atoms with Crippen molar-refractivity contribution in [3.63, 3.8) is 0 Å². The van der Waals surface area contributed by atoms with E-state index in [2.05, 4.69) is 11.2 Å². The lowest BCUT2D eigenvalue weighted by Gasteiger charge is -2.09. The van der Waals surface area contributed by atoms with E-state index in [0.29, 0.717) is 5.56 Å². The molecule has 4 heteroatoms. The van der Waals surface area contributed by atoms with Crippen molar-refractivity contribution < 1.29 is 9.18 Å². The van der Waals surface area contributed by atoms with Crippen LogP contribution in [0.3, 0.4) is 0 Å². The Hall–Kier alpha value is -1.86.